The molecular formula is C20H27NO4S. The minimum atomic E-state index is -0.854. The van der Waals surface area contributed by atoms with E-state index in [1.54, 1.807) is 30.8 Å². The number of nitrogens with one attached hydrogen (secondary N) is 1. The van der Waals surface area contributed by atoms with Crippen LogP contribution < -0.4 is 10.1 Å². The van der Waals surface area contributed by atoms with Gasteiger partial charge in [0.15, 0.2) is 6.10 Å². The van der Waals surface area contributed by atoms with E-state index in [0.29, 0.717) is 17.9 Å². The summed E-state index contributed by atoms with van der Waals surface area (Å²) < 4.78 is 10.6. The molecule has 0 heterocycles. The summed E-state index contributed by atoms with van der Waals surface area (Å²) in [4.78, 5) is 25.5. The van der Waals surface area contributed by atoms with Crippen molar-refractivity contribution in [1.29, 1.82) is 0 Å². The van der Waals surface area contributed by atoms with Crippen molar-refractivity contribution >= 4 is 23.6 Å². The summed E-state index contributed by atoms with van der Waals surface area (Å²) in [7, 11) is 1.51. The number of hydrogen-bond acceptors (Lipinski definition) is 5. The van der Waals surface area contributed by atoms with E-state index in [1.165, 1.54) is 25.5 Å². The highest BCUT2D eigenvalue weighted by atomic mass is 32.2. The van der Waals surface area contributed by atoms with E-state index in [-0.39, 0.29) is 5.91 Å². The number of benzene rings is 1. The van der Waals surface area contributed by atoms with Crippen LogP contribution in [0.25, 0.3) is 0 Å². The van der Waals surface area contributed by atoms with Crippen LogP contribution in [-0.2, 0) is 9.53 Å². The number of carbonyl (C=O) groups is 2. The maximum absolute atomic E-state index is 12.4. The Labute approximate surface area is 159 Å². The lowest BCUT2D eigenvalue weighted by atomic mass is 9.97. The van der Waals surface area contributed by atoms with Crippen molar-refractivity contribution in [2.24, 2.45) is 0 Å². The number of ether oxygens (including phenoxy) is 2. The molecule has 26 heavy (non-hydrogen) atoms. The van der Waals surface area contributed by atoms with Gasteiger partial charge in [-0.25, -0.2) is 4.79 Å². The molecule has 1 atom stereocenters. The minimum Gasteiger partial charge on any atom is -0.496 e. The van der Waals surface area contributed by atoms with Crippen LogP contribution in [0.5, 0.6) is 5.75 Å². The van der Waals surface area contributed by atoms with E-state index >= 15 is 0 Å². The molecule has 1 N–H and O–H groups in total. The van der Waals surface area contributed by atoms with Crippen LogP contribution in [0.1, 0.15) is 49.4 Å². The topological polar surface area (TPSA) is 64.6 Å². The molecule has 1 aliphatic carbocycles. The Morgan fingerprint density at radius 1 is 1.31 bits per heavy atom. The molecule has 0 fully saturated rings. The Morgan fingerprint density at radius 3 is 2.77 bits per heavy atom. The number of esters is 1. The molecule has 0 saturated carbocycles. The summed E-state index contributed by atoms with van der Waals surface area (Å²) in [6.07, 6.45) is 8.95. The van der Waals surface area contributed by atoms with Gasteiger partial charge >= 0.3 is 5.97 Å². The Hall–Kier alpha value is -1.95. The van der Waals surface area contributed by atoms with Crippen molar-refractivity contribution in [2.75, 3.05) is 19.9 Å². The zero-order chi connectivity index (χ0) is 18.9. The van der Waals surface area contributed by atoms with Gasteiger partial charge in [0, 0.05) is 11.4 Å². The second-order valence-corrected chi connectivity index (χ2v) is 7.14. The number of allylic oxidation sites excluding steroid dienone is 1. The fourth-order valence-corrected chi connectivity index (χ4v) is 3.30. The third-order valence-corrected chi connectivity index (χ3v) is 5.14. The average Bonchev–Trinajstić information content (AvgIpc) is 2.67. The highest BCUT2D eigenvalue weighted by Gasteiger charge is 2.21. The van der Waals surface area contributed by atoms with Gasteiger partial charge in [-0.2, -0.15) is 0 Å². The third-order valence-electron chi connectivity index (χ3n) is 4.41. The van der Waals surface area contributed by atoms with Crippen LogP contribution >= 0.6 is 11.8 Å². The summed E-state index contributed by atoms with van der Waals surface area (Å²) in [5, 5.41) is 2.84. The summed E-state index contributed by atoms with van der Waals surface area (Å²) in [6.45, 7) is 2.15. The molecule has 0 saturated heterocycles. The molecule has 0 unspecified atom stereocenters. The monoisotopic (exact) mass is 377 g/mol. The molecule has 1 amide bonds. The molecule has 0 spiro atoms. The third kappa shape index (κ3) is 5.80. The van der Waals surface area contributed by atoms with Crippen molar-refractivity contribution in [3.05, 3.63) is 35.4 Å². The van der Waals surface area contributed by atoms with Crippen LogP contribution in [0.3, 0.4) is 0 Å². The first kappa shape index (κ1) is 20.4. The highest BCUT2D eigenvalue weighted by molar-refractivity contribution is 7.98. The molecule has 1 aliphatic rings. The van der Waals surface area contributed by atoms with Crippen molar-refractivity contribution in [3.8, 4) is 5.75 Å². The Bertz CT molecular complexity index is 672. The van der Waals surface area contributed by atoms with Gasteiger partial charge in [-0.1, -0.05) is 11.6 Å². The number of amides is 1. The summed E-state index contributed by atoms with van der Waals surface area (Å²) in [5.74, 6) is -0.403. The zero-order valence-corrected chi connectivity index (χ0v) is 16.5. The first-order chi connectivity index (χ1) is 12.5. The molecule has 0 bridgehead atoms. The molecular weight excluding hydrogens is 350 g/mol. The number of carbonyl (C=O) groups excluding carboxylic acids is 2. The van der Waals surface area contributed by atoms with Gasteiger partial charge in [0.25, 0.3) is 5.91 Å². The van der Waals surface area contributed by atoms with Crippen LogP contribution in [-0.4, -0.2) is 37.9 Å². The van der Waals surface area contributed by atoms with Gasteiger partial charge in [0.1, 0.15) is 11.3 Å². The molecule has 6 heteroatoms. The second kappa shape index (κ2) is 10.3. The van der Waals surface area contributed by atoms with Gasteiger partial charge in [-0.15, -0.1) is 11.8 Å². The van der Waals surface area contributed by atoms with Crippen molar-refractivity contribution in [3.63, 3.8) is 0 Å². The first-order valence-electron chi connectivity index (χ1n) is 8.93. The molecule has 2 rings (SSSR count). The SMILES string of the molecule is COc1cc(SC)ccc1C(=O)O[C@@H](C)C(=O)NCCC1=CCCCC1. The second-order valence-electron chi connectivity index (χ2n) is 6.26. The van der Waals surface area contributed by atoms with Gasteiger partial charge < -0.3 is 14.8 Å². The number of rotatable bonds is 8. The number of methoxy groups -OCH3 is 1. The van der Waals surface area contributed by atoms with Crippen molar-refractivity contribution in [1.82, 2.24) is 5.32 Å². The molecule has 1 aromatic carbocycles. The molecule has 0 aromatic heterocycles. The molecule has 1 aromatic rings. The molecule has 0 aliphatic heterocycles. The summed E-state index contributed by atoms with van der Waals surface area (Å²) in [6, 6.07) is 5.27. The maximum atomic E-state index is 12.4. The molecule has 142 valence electrons. The highest BCUT2D eigenvalue weighted by Crippen LogP contribution is 2.26. The Balaban J connectivity index is 1.85. The quantitative estimate of drug-likeness (QED) is 0.422. The number of thioether (sulfide) groups is 1. The van der Waals surface area contributed by atoms with Gasteiger partial charge in [-0.05, 0) is 63.5 Å². The van der Waals surface area contributed by atoms with E-state index in [0.717, 1.165) is 24.2 Å². The van der Waals surface area contributed by atoms with Crippen LogP contribution in [0.4, 0.5) is 0 Å². The van der Waals surface area contributed by atoms with Crippen LogP contribution in [0, 0.1) is 0 Å². The Morgan fingerprint density at radius 2 is 2.12 bits per heavy atom. The predicted molar refractivity (Wildman–Crippen MR) is 104 cm³/mol. The summed E-state index contributed by atoms with van der Waals surface area (Å²) in [5.41, 5.74) is 1.72. The summed E-state index contributed by atoms with van der Waals surface area (Å²) >= 11 is 1.56. The zero-order valence-electron chi connectivity index (χ0n) is 15.7. The first-order valence-corrected chi connectivity index (χ1v) is 10.2. The minimum absolute atomic E-state index is 0.283. The van der Waals surface area contributed by atoms with Gasteiger partial charge in [0.05, 0.1) is 7.11 Å². The Kier molecular flexibility index (Phi) is 8.04. The van der Waals surface area contributed by atoms with Crippen molar-refractivity contribution < 1.29 is 19.1 Å². The normalized spacial score (nSPS) is 15.0. The van der Waals surface area contributed by atoms with Crippen molar-refractivity contribution in [2.45, 2.75) is 50.0 Å². The van der Waals surface area contributed by atoms with E-state index in [1.807, 2.05) is 12.3 Å². The average molecular weight is 378 g/mol. The van der Waals surface area contributed by atoms with Gasteiger partial charge in [-0.3, -0.25) is 4.79 Å². The fraction of sp³-hybridized carbons (Fsp3) is 0.500. The largest absolute Gasteiger partial charge is 0.496 e. The lowest BCUT2D eigenvalue weighted by molar-refractivity contribution is -0.129. The lowest BCUT2D eigenvalue weighted by Gasteiger charge is -2.16. The molecule has 0 radical (unpaired) electrons. The number of hydrogen-bond donors (Lipinski definition) is 1. The smallest absolute Gasteiger partial charge is 0.342 e. The standard InChI is InChI=1S/C20H27NO4S/c1-14(19(22)21-12-11-15-7-5-4-6-8-15)25-20(23)17-10-9-16(26-3)13-18(17)24-2/h7,9-10,13-14H,4-6,8,11-12H2,1-3H3,(H,21,22)/t14-/m0/s1. The molecule has 5 nitrogen and oxygen atoms in total. The van der Waals surface area contributed by atoms with Crippen LogP contribution in [0.2, 0.25) is 0 Å². The van der Waals surface area contributed by atoms with Gasteiger partial charge in [0.2, 0.25) is 0 Å². The predicted octanol–water partition coefficient (Wildman–Crippen LogP) is 3.97. The fourth-order valence-electron chi connectivity index (χ4n) is 2.87. The van der Waals surface area contributed by atoms with E-state index in [9.17, 15) is 9.59 Å². The van der Waals surface area contributed by atoms with E-state index in [2.05, 4.69) is 11.4 Å². The van der Waals surface area contributed by atoms with E-state index in [4.69, 9.17) is 9.47 Å². The van der Waals surface area contributed by atoms with Crippen LogP contribution in [0.15, 0.2) is 34.7 Å². The lowest BCUT2D eigenvalue weighted by Crippen LogP contribution is -2.36. The van der Waals surface area contributed by atoms with E-state index < -0.39 is 12.1 Å². The maximum Gasteiger partial charge on any atom is 0.342 e.